The minimum absolute atomic E-state index is 0.190. The summed E-state index contributed by atoms with van der Waals surface area (Å²) in [5.41, 5.74) is 0.875. The largest absolute Gasteiger partial charge is 0.390 e. The molecule has 0 radical (unpaired) electrons. The Balaban J connectivity index is 2.11. The van der Waals surface area contributed by atoms with Crippen LogP contribution in [-0.4, -0.2) is 39.7 Å². The van der Waals surface area contributed by atoms with Gasteiger partial charge in [0.2, 0.25) is 0 Å². The van der Waals surface area contributed by atoms with Gasteiger partial charge in [0.15, 0.2) is 0 Å². The molecule has 0 bridgehead atoms. The zero-order chi connectivity index (χ0) is 11.7. The lowest BCUT2D eigenvalue weighted by Crippen LogP contribution is -2.36. The van der Waals surface area contributed by atoms with E-state index in [1.807, 2.05) is 37.3 Å². The predicted octanol–water partition coefficient (Wildman–Crippen LogP) is 0.199. The summed E-state index contributed by atoms with van der Waals surface area (Å²) in [6.45, 7) is 1.81. The van der Waals surface area contributed by atoms with Crippen LogP contribution >= 0.6 is 0 Å². The van der Waals surface area contributed by atoms with Crippen LogP contribution in [0.2, 0.25) is 0 Å². The molecule has 4 nitrogen and oxygen atoms in total. The van der Waals surface area contributed by atoms with Gasteiger partial charge < -0.3 is 20.6 Å². The van der Waals surface area contributed by atoms with E-state index in [2.05, 4.69) is 5.32 Å². The highest BCUT2D eigenvalue weighted by Crippen LogP contribution is 2.29. The van der Waals surface area contributed by atoms with Gasteiger partial charge in [-0.1, -0.05) is 25.1 Å². The van der Waals surface area contributed by atoms with E-state index in [4.69, 9.17) is 0 Å². The fourth-order valence-corrected chi connectivity index (χ4v) is 2.19. The second-order valence-electron chi connectivity index (χ2n) is 4.37. The highest BCUT2D eigenvalue weighted by Gasteiger charge is 2.46. The van der Waals surface area contributed by atoms with E-state index in [-0.39, 0.29) is 12.0 Å². The van der Waals surface area contributed by atoms with Gasteiger partial charge in [0.1, 0.15) is 12.2 Å². The van der Waals surface area contributed by atoms with E-state index in [1.54, 1.807) is 0 Å². The topological polar surface area (TPSA) is 72.7 Å². The monoisotopic (exact) mass is 223 g/mol. The summed E-state index contributed by atoms with van der Waals surface area (Å²) in [4.78, 5) is 0. The SMILES string of the molecule is C[C@H]1[C@@H](O)[C@@H](O)[C@H](O)[C@@H]1Nc1ccccc1. The molecular weight excluding hydrogens is 206 g/mol. The van der Waals surface area contributed by atoms with Crippen LogP contribution in [0, 0.1) is 5.92 Å². The summed E-state index contributed by atoms with van der Waals surface area (Å²) in [7, 11) is 0. The van der Waals surface area contributed by atoms with Crippen molar-refractivity contribution in [3.05, 3.63) is 30.3 Å². The lowest BCUT2D eigenvalue weighted by atomic mass is 10.0. The number of nitrogens with one attached hydrogen (secondary N) is 1. The van der Waals surface area contributed by atoms with Crippen molar-refractivity contribution in [3.8, 4) is 0 Å². The van der Waals surface area contributed by atoms with Crippen LogP contribution < -0.4 is 5.32 Å². The molecule has 2 rings (SSSR count). The van der Waals surface area contributed by atoms with Crippen LogP contribution in [0.4, 0.5) is 5.69 Å². The molecule has 1 aliphatic rings. The van der Waals surface area contributed by atoms with Crippen LogP contribution in [0.5, 0.6) is 0 Å². The first-order valence-corrected chi connectivity index (χ1v) is 5.47. The van der Waals surface area contributed by atoms with E-state index in [9.17, 15) is 15.3 Å². The van der Waals surface area contributed by atoms with Gasteiger partial charge in [-0.25, -0.2) is 0 Å². The first kappa shape index (κ1) is 11.4. The normalized spacial score (nSPS) is 38.6. The quantitative estimate of drug-likeness (QED) is 0.578. The van der Waals surface area contributed by atoms with Gasteiger partial charge in [-0.05, 0) is 12.1 Å². The molecule has 4 N–H and O–H groups in total. The number of aliphatic hydroxyl groups is 3. The van der Waals surface area contributed by atoms with E-state index in [0.717, 1.165) is 5.69 Å². The molecule has 88 valence electrons. The van der Waals surface area contributed by atoms with E-state index in [1.165, 1.54) is 0 Å². The molecule has 0 amide bonds. The van der Waals surface area contributed by atoms with Crippen molar-refractivity contribution in [1.82, 2.24) is 0 Å². The average Bonchev–Trinajstić information content (AvgIpc) is 2.48. The molecule has 0 aliphatic heterocycles. The average molecular weight is 223 g/mol. The molecule has 0 heterocycles. The highest BCUT2D eigenvalue weighted by molar-refractivity contribution is 5.44. The summed E-state index contributed by atoms with van der Waals surface area (Å²) in [5, 5.41) is 32.1. The first-order valence-electron chi connectivity index (χ1n) is 5.47. The predicted molar refractivity (Wildman–Crippen MR) is 61.0 cm³/mol. The zero-order valence-corrected chi connectivity index (χ0v) is 9.12. The molecule has 0 saturated heterocycles. The number of hydrogen-bond donors (Lipinski definition) is 4. The molecule has 16 heavy (non-hydrogen) atoms. The van der Waals surface area contributed by atoms with Crippen molar-refractivity contribution in [3.63, 3.8) is 0 Å². The Hall–Kier alpha value is -1.10. The Bertz CT molecular complexity index is 329. The van der Waals surface area contributed by atoms with Gasteiger partial charge in [0.05, 0.1) is 12.1 Å². The lowest BCUT2D eigenvalue weighted by Gasteiger charge is -2.22. The van der Waals surface area contributed by atoms with Gasteiger partial charge in [-0.15, -0.1) is 0 Å². The number of anilines is 1. The third-order valence-electron chi connectivity index (χ3n) is 3.28. The van der Waals surface area contributed by atoms with Crippen molar-refractivity contribution >= 4 is 5.69 Å². The molecule has 1 saturated carbocycles. The maximum absolute atomic E-state index is 9.79. The van der Waals surface area contributed by atoms with Crippen molar-refractivity contribution in [2.75, 3.05) is 5.32 Å². The summed E-state index contributed by atoms with van der Waals surface area (Å²) in [5.74, 6) is -0.190. The number of para-hydroxylation sites is 1. The van der Waals surface area contributed by atoms with Crippen LogP contribution in [0.15, 0.2) is 30.3 Å². The highest BCUT2D eigenvalue weighted by atomic mass is 16.4. The lowest BCUT2D eigenvalue weighted by molar-refractivity contribution is -0.0252. The fourth-order valence-electron chi connectivity index (χ4n) is 2.19. The number of aliphatic hydroxyl groups excluding tert-OH is 3. The van der Waals surface area contributed by atoms with Crippen molar-refractivity contribution < 1.29 is 15.3 Å². The number of rotatable bonds is 2. The molecule has 4 heteroatoms. The summed E-state index contributed by atoms with van der Waals surface area (Å²) in [6, 6.07) is 9.13. The Morgan fingerprint density at radius 1 is 0.938 bits per heavy atom. The Labute approximate surface area is 94.5 Å². The molecule has 1 aromatic carbocycles. The van der Waals surface area contributed by atoms with Crippen molar-refractivity contribution in [2.24, 2.45) is 5.92 Å². The van der Waals surface area contributed by atoms with Gasteiger partial charge in [0.25, 0.3) is 0 Å². The molecular formula is C12H17NO3. The Morgan fingerprint density at radius 3 is 2.06 bits per heavy atom. The zero-order valence-electron chi connectivity index (χ0n) is 9.12. The minimum Gasteiger partial charge on any atom is -0.390 e. The summed E-state index contributed by atoms with van der Waals surface area (Å²) >= 11 is 0. The third kappa shape index (κ3) is 1.91. The number of hydrogen-bond acceptors (Lipinski definition) is 4. The third-order valence-corrected chi connectivity index (χ3v) is 3.28. The molecule has 1 aliphatic carbocycles. The molecule has 1 fully saturated rings. The van der Waals surface area contributed by atoms with Crippen molar-refractivity contribution in [1.29, 1.82) is 0 Å². The van der Waals surface area contributed by atoms with Crippen LogP contribution in [-0.2, 0) is 0 Å². The van der Waals surface area contributed by atoms with Gasteiger partial charge in [0, 0.05) is 11.6 Å². The van der Waals surface area contributed by atoms with Gasteiger partial charge >= 0.3 is 0 Å². The standard InChI is InChI=1S/C12H17NO3/c1-7-9(11(15)12(16)10(7)14)13-8-5-3-2-4-6-8/h2-7,9-16H,1H3/t7-,9-,10-,11-,12-/m1/s1. The van der Waals surface area contributed by atoms with Crippen LogP contribution in [0.25, 0.3) is 0 Å². The molecule has 0 aromatic heterocycles. The smallest absolute Gasteiger partial charge is 0.108 e. The first-order chi connectivity index (χ1) is 7.61. The summed E-state index contributed by atoms with van der Waals surface area (Å²) < 4.78 is 0. The maximum Gasteiger partial charge on any atom is 0.108 e. The molecule has 0 unspecified atom stereocenters. The molecule has 1 aromatic rings. The molecule has 0 spiro atoms. The fraction of sp³-hybridized carbons (Fsp3) is 0.500. The van der Waals surface area contributed by atoms with Crippen molar-refractivity contribution in [2.45, 2.75) is 31.3 Å². The number of benzene rings is 1. The maximum atomic E-state index is 9.79. The Kier molecular flexibility index (Phi) is 3.14. The molecule has 5 atom stereocenters. The van der Waals surface area contributed by atoms with Crippen LogP contribution in [0.1, 0.15) is 6.92 Å². The van der Waals surface area contributed by atoms with Gasteiger partial charge in [-0.3, -0.25) is 0 Å². The van der Waals surface area contributed by atoms with Gasteiger partial charge in [-0.2, -0.15) is 0 Å². The minimum atomic E-state index is -1.07. The second-order valence-corrected chi connectivity index (χ2v) is 4.37. The van der Waals surface area contributed by atoms with E-state index < -0.39 is 18.3 Å². The summed E-state index contributed by atoms with van der Waals surface area (Å²) in [6.07, 6.45) is -2.89. The van der Waals surface area contributed by atoms with Crippen LogP contribution in [0.3, 0.4) is 0 Å². The van der Waals surface area contributed by atoms with E-state index >= 15 is 0 Å². The van der Waals surface area contributed by atoms with E-state index in [0.29, 0.717) is 0 Å². The Morgan fingerprint density at radius 2 is 1.56 bits per heavy atom. The second kappa shape index (κ2) is 4.41.